The van der Waals surface area contributed by atoms with Crippen molar-refractivity contribution in [1.29, 1.82) is 0 Å². The third kappa shape index (κ3) is 3.82. The van der Waals surface area contributed by atoms with Crippen LogP contribution in [0, 0.1) is 0 Å². The third-order valence-electron chi connectivity index (χ3n) is 10.2. The molecule has 8 aromatic rings. The van der Waals surface area contributed by atoms with Crippen molar-refractivity contribution in [3.05, 3.63) is 174 Å². The molecule has 214 valence electrons. The van der Waals surface area contributed by atoms with Crippen LogP contribution in [0.4, 0.5) is 0 Å². The Labute approximate surface area is 268 Å². The Morgan fingerprint density at radius 3 is 1.93 bits per heavy atom. The molecule has 10 rings (SSSR count). The summed E-state index contributed by atoms with van der Waals surface area (Å²) in [4.78, 5) is 4.66. The molecule has 2 aliphatic heterocycles. The summed E-state index contributed by atoms with van der Waals surface area (Å²) in [5.74, 6) is 0. The molecule has 0 fully saturated rings. The lowest BCUT2D eigenvalue weighted by Crippen LogP contribution is -2.61. The Hall–Kier alpha value is -5.67. The summed E-state index contributed by atoms with van der Waals surface area (Å²) < 4.78 is 2.41. The standard InChI is InChI=1S/C43H29BN2/c1-4-15-38-29(10-1)22-33-24-31(25-34-26-32-23-30(40-16-7-8-21-45-40)19-20-39(32)44(38)43(33)34)28-11-9-12-35(27-28)46-41-17-5-2-13-36(41)37-14-3-6-18-42(37)46/h1-21,23-25,27H,22,26H2. The van der Waals surface area contributed by atoms with Gasteiger partial charge in [0.2, 0.25) is 6.71 Å². The highest BCUT2D eigenvalue weighted by molar-refractivity contribution is 6.97. The monoisotopic (exact) mass is 584 g/mol. The molecule has 4 heterocycles. The van der Waals surface area contributed by atoms with Crippen molar-refractivity contribution in [3.63, 3.8) is 0 Å². The molecule has 2 aromatic heterocycles. The van der Waals surface area contributed by atoms with Crippen LogP contribution in [-0.2, 0) is 12.8 Å². The van der Waals surface area contributed by atoms with Crippen molar-refractivity contribution < 1.29 is 0 Å². The Morgan fingerprint density at radius 1 is 0.478 bits per heavy atom. The zero-order valence-corrected chi connectivity index (χ0v) is 25.3. The second-order valence-electron chi connectivity index (χ2n) is 12.7. The summed E-state index contributed by atoms with van der Waals surface area (Å²) in [6.07, 6.45) is 3.78. The minimum Gasteiger partial charge on any atom is -0.309 e. The Bertz CT molecular complexity index is 2440. The van der Waals surface area contributed by atoms with Gasteiger partial charge in [-0.3, -0.25) is 4.98 Å². The molecule has 0 amide bonds. The van der Waals surface area contributed by atoms with Crippen LogP contribution < -0.4 is 16.4 Å². The van der Waals surface area contributed by atoms with Gasteiger partial charge in [-0.1, -0.05) is 120 Å². The van der Waals surface area contributed by atoms with Crippen molar-refractivity contribution in [1.82, 2.24) is 9.55 Å². The quantitative estimate of drug-likeness (QED) is 0.194. The van der Waals surface area contributed by atoms with Crippen LogP contribution in [0.2, 0.25) is 0 Å². The van der Waals surface area contributed by atoms with E-state index < -0.39 is 0 Å². The van der Waals surface area contributed by atoms with Crippen LogP contribution >= 0.6 is 0 Å². The molecule has 0 N–H and O–H groups in total. The predicted octanol–water partition coefficient (Wildman–Crippen LogP) is 7.84. The number of hydrogen-bond donors (Lipinski definition) is 0. The second kappa shape index (κ2) is 9.92. The smallest absolute Gasteiger partial charge is 0.242 e. The van der Waals surface area contributed by atoms with E-state index in [1.807, 2.05) is 12.3 Å². The highest BCUT2D eigenvalue weighted by Gasteiger charge is 2.37. The average molecular weight is 585 g/mol. The van der Waals surface area contributed by atoms with Gasteiger partial charge in [0.05, 0.1) is 16.7 Å². The average Bonchev–Trinajstić information content (AvgIpc) is 3.46. The van der Waals surface area contributed by atoms with Crippen LogP contribution in [0.25, 0.3) is 49.9 Å². The highest BCUT2D eigenvalue weighted by atomic mass is 15.0. The van der Waals surface area contributed by atoms with Crippen molar-refractivity contribution in [2.45, 2.75) is 12.8 Å². The van der Waals surface area contributed by atoms with Crippen molar-refractivity contribution >= 4 is 44.9 Å². The van der Waals surface area contributed by atoms with E-state index in [0.717, 1.165) is 18.5 Å². The van der Waals surface area contributed by atoms with Crippen LogP contribution in [-0.4, -0.2) is 16.3 Å². The Balaban J connectivity index is 1.15. The summed E-state index contributed by atoms with van der Waals surface area (Å²) in [6, 6.07) is 53.8. The SMILES string of the molecule is c1ccc(-c2ccc3c(c2)Cc2cc(-c4cccc(-n5c6ccccc6c6ccccc65)c4)cc4c2B3c2ccccc2C4)nc1. The molecule has 2 nitrogen and oxygen atoms in total. The van der Waals surface area contributed by atoms with Gasteiger partial charge < -0.3 is 4.57 Å². The molecule has 46 heavy (non-hydrogen) atoms. The van der Waals surface area contributed by atoms with E-state index >= 15 is 0 Å². The maximum atomic E-state index is 4.66. The Morgan fingerprint density at radius 2 is 1.15 bits per heavy atom. The molecule has 0 saturated heterocycles. The van der Waals surface area contributed by atoms with Gasteiger partial charge in [0.25, 0.3) is 0 Å². The molecular formula is C43H29BN2. The second-order valence-corrected chi connectivity index (χ2v) is 12.7. The molecule has 0 spiro atoms. The maximum Gasteiger partial charge on any atom is 0.242 e. The van der Waals surface area contributed by atoms with E-state index in [1.54, 1.807) is 0 Å². The first-order valence-electron chi connectivity index (χ1n) is 16.2. The van der Waals surface area contributed by atoms with Gasteiger partial charge in [-0.25, -0.2) is 0 Å². The number of fused-ring (bicyclic) bond motifs is 7. The normalized spacial score (nSPS) is 13.0. The van der Waals surface area contributed by atoms with Gasteiger partial charge >= 0.3 is 0 Å². The zero-order chi connectivity index (χ0) is 30.2. The van der Waals surface area contributed by atoms with E-state index in [0.29, 0.717) is 0 Å². The number of hydrogen-bond acceptors (Lipinski definition) is 1. The fraction of sp³-hybridized carbons (Fsp3) is 0.0465. The summed E-state index contributed by atoms with van der Waals surface area (Å²) in [5.41, 5.74) is 18.5. The van der Waals surface area contributed by atoms with Gasteiger partial charge in [0.15, 0.2) is 0 Å². The fourth-order valence-corrected chi connectivity index (χ4v) is 8.23. The number of aromatic nitrogens is 2. The van der Waals surface area contributed by atoms with E-state index in [1.165, 1.54) is 82.8 Å². The van der Waals surface area contributed by atoms with Crippen LogP contribution in [0.1, 0.15) is 22.3 Å². The van der Waals surface area contributed by atoms with E-state index in [9.17, 15) is 0 Å². The van der Waals surface area contributed by atoms with Gasteiger partial charge in [0, 0.05) is 28.2 Å². The molecule has 0 saturated carbocycles. The van der Waals surface area contributed by atoms with Gasteiger partial charge in [-0.2, -0.15) is 0 Å². The van der Waals surface area contributed by atoms with Crippen LogP contribution in [0.15, 0.2) is 152 Å². The first-order chi connectivity index (χ1) is 22.8. The summed E-state index contributed by atoms with van der Waals surface area (Å²) >= 11 is 0. The molecule has 0 aliphatic carbocycles. The fourth-order valence-electron chi connectivity index (χ4n) is 8.23. The number of pyridine rings is 1. The maximum absolute atomic E-state index is 4.66. The number of para-hydroxylation sites is 2. The number of nitrogens with zero attached hydrogens (tertiary/aromatic N) is 2. The van der Waals surface area contributed by atoms with Crippen molar-refractivity contribution in [2.75, 3.05) is 0 Å². The largest absolute Gasteiger partial charge is 0.309 e. The first kappa shape index (κ1) is 25.6. The van der Waals surface area contributed by atoms with E-state index in [4.69, 9.17) is 0 Å². The van der Waals surface area contributed by atoms with Gasteiger partial charge in [-0.15, -0.1) is 0 Å². The lowest BCUT2D eigenvalue weighted by atomic mass is 9.30. The van der Waals surface area contributed by atoms with Crippen LogP contribution in [0.5, 0.6) is 0 Å². The van der Waals surface area contributed by atoms with Gasteiger partial charge in [-0.05, 0) is 88.7 Å². The van der Waals surface area contributed by atoms with Crippen molar-refractivity contribution in [2.24, 2.45) is 0 Å². The molecule has 6 aromatic carbocycles. The van der Waals surface area contributed by atoms with E-state index in [2.05, 4.69) is 149 Å². The van der Waals surface area contributed by atoms with E-state index in [-0.39, 0.29) is 6.71 Å². The highest BCUT2D eigenvalue weighted by Crippen LogP contribution is 2.35. The molecule has 0 radical (unpaired) electrons. The summed E-state index contributed by atoms with van der Waals surface area (Å²) in [5, 5.41) is 2.57. The molecule has 2 aliphatic rings. The number of rotatable bonds is 3. The minimum atomic E-state index is 0.259. The minimum absolute atomic E-state index is 0.259. The van der Waals surface area contributed by atoms with Crippen LogP contribution in [0.3, 0.4) is 0 Å². The lowest BCUT2D eigenvalue weighted by molar-refractivity contribution is 1.14. The predicted molar refractivity (Wildman–Crippen MR) is 193 cm³/mol. The Kier molecular flexibility index (Phi) is 5.53. The molecular weight excluding hydrogens is 555 g/mol. The van der Waals surface area contributed by atoms with Gasteiger partial charge in [0.1, 0.15) is 0 Å². The third-order valence-corrected chi connectivity index (χ3v) is 10.2. The lowest BCUT2D eigenvalue weighted by Gasteiger charge is -2.34. The number of benzene rings is 6. The first-order valence-corrected chi connectivity index (χ1v) is 16.2. The topological polar surface area (TPSA) is 17.8 Å². The molecule has 3 heteroatoms. The summed E-state index contributed by atoms with van der Waals surface area (Å²) in [6.45, 7) is 0.259. The molecule has 0 unspecified atom stereocenters. The molecule has 0 bridgehead atoms. The van der Waals surface area contributed by atoms with Crippen molar-refractivity contribution in [3.8, 4) is 28.1 Å². The summed E-state index contributed by atoms with van der Waals surface area (Å²) in [7, 11) is 0. The zero-order valence-electron chi connectivity index (χ0n) is 25.3. The molecule has 0 atom stereocenters.